The number of benzene rings is 1. The summed E-state index contributed by atoms with van der Waals surface area (Å²) in [5, 5.41) is 14.2. The highest BCUT2D eigenvalue weighted by Crippen LogP contribution is 2.37. The average molecular weight is 431 g/mol. The van der Waals surface area contributed by atoms with Gasteiger partial charge in [-0.25, -0.2) is 9.97 Å². The second-order valence-corrected chi connectivity index (χ2v) is 6.97. The first-order valence-electron chi connectivity index (χ1n) is 9.11. The minimum absolute atomic E-state index is 0.0371. The maximum absolute atomic E-state index is 13.1. The molecule has 1 aromatic carbocycles. The number of nitrogens with zero attached hydrogens (tertiary/aromatic N) is 5. The van der Waals surface area contributed by atoms with Gasteiger partial charge >= 0.3 is 6.18 Å². The van der Waals surface area contributed by atoms with Gasteiger partial charge in [0.2, 0.25) is 5.95 Å². The number of aliphatic imine (C=N–C) groups is 1. The number of aryl methyl sites for hydroxylation is 1. The summed E-state index contributed by atoms with van der Waals surface area (Å²) < 4.78 is 39.2. The zero-order valence-electron chi connectivity index (χ0n) is 16.7. The summed E-state index contributed by atoms with van der Waals surface area (Å²) in [5.41, 5.74) is 4.55. The fourth-order valence-corrected chi connectivity index (χ4v) is 2.87. The van der Waals surface area contributed by atoms with Crippen LogP contribution in [0.4, 0.5) is 19.1 Å². The van der Waals surface area contributed by atoms with E-state index in [9.17, 15) is 18.3 Å². The van der Waals surface area contributed by atoms with E-state index in [1.54, 1.807) is 6.07 Å². The van der Waals surface area contributed by atoms with E-state index in [4.69, 9.17) is 11.6 Å². The van der Waals surface area contributed by atoms with E-state index in [0.717, 1.165) is 11.6 Å². The Morgan fingerprint density at radius 2 is 1.84 bits per heavy atom. The normalized spacial score (nSPS) is 14.8. The standard InChI is InChI=1S/C20H20F3N7O/c1-11-5-3-7-13-16(11)28-18(24)29-17(13)14(30-25)10-26-9-12-6-4-8-15(27-12)19(2,31)20(21,22)23/h3-8,10,31H,9,25H2,1-2H3,(H2,24,28,29)/t19-/m1/s1. The Morgan fingerprint density at radius 1 is 1.13 bits per heavy atom. The third kappa shape index (κ3) is 4.45. The van der Waals surface area contributed by atoms with Crippen LogP contribution in [0.15, 0.2) is 46.5 Å². The van der Waals surface area contributed by atoms with Crippen LogP contribution >= 0.6 is 0 Å². The molecule has 31 heavy (non-hydrogen) atoms. The lowest BCUT2D eigenvalue weighted by molar-refractivity contribution is -0.260. The van der Waals surface area contributed by atoms with Crippen molar-refractivity contribution in [3.05, 3.63) is 59.0 Å². The van der Waals surface area contributed by atoms with Crippen molar-refractivity contribution in [2.24, 2.45) is 15.9 Å². The van der Waals surface area contributed by atoms with Gasteiger partial charge in [0.25, 0.3) is 0 Å². The number of hydrogen-bond acceptors (Lipinski definition) is 8. The molecule has 162 valence electrons. The Kier molecular flexibility index (Phi) is 5.89. The van der Waals surface area contributed by atoms with Gasteiger partial charge in [-0.05, 0) is 31.5 Å². The topological polar surface area (TPSA) is 136 Å². The molecule has 2 heterocycles. The van der Waals surface area contributed by atoms with Crippen LogP contribution in [0.25, 0.3) is 10.9 Å². The number of hydrogen-bond donors (Lipinski definition) is 3. The third-order valence-electron chi connectivity index (χ3n) is 4.65. The number of rotatable bonds is 5. The number of hydrazone groups is 1. The quantitative estimate of drug-likeness (QED) is 0.323. The van der Waals surface area contributed by atoms with Crippen LogP contribution in [0.2, 0.25) is 0 Å². The predicted octanol–water partition coefficient (Wildman–Crippen LogP) is 2.62. The zero-order chi connectivity index (χ0) is 22.8. The van der Waals surface area contributed by atoms with E-state index < -0.39 is 17.5 Å². The fourth-order valence-electron chi connectivity index (χ4n) is 2.87. The predicted molar refractivity (Wildman–Crippen MR) is 111 cm³/mol. The lowest BCUT2D eigenvalue weighted by atomic mass is 10.0. The molecule has 1 atom stereocenters. The molecule has 0 fully saturated rings. The van der Waals surface area contributed by atoms with Gasteiger partial charge in [-0.1, -0.05) is 24.3 Å². The van der Waals surface area contributed by atoms with Crippen molar-refractivity contribution in [2.45, 2.75) is 32.2 Å². The molecule has 0 aliphatic heterocycles. The lowest BCUT2D eigenvalue weighted by Crippen LogP contribution is -2.40. The first kappa shape index (κ1) is 22.1. The molecule has 0 spiro atoms. The molecule has 0 amide bonds. The monoisotopic (exact) mass is 431 g/mol. The van der Waals surface area contributed by atoms with Gasteiger partial charge in [0.1, 0.15) is 11.4 Å². The second kappa shape index (κ2) is 8.26. The van der Waals surface area contributed by atoms with Crippen LogP contribution in [0.3, 0.4) is 0 Å². The van der Waals surface area contributed by atoms with Gasteiger partial charge in [-0.3, -0.25) is 9.98 Å². The first-order valence-corrected chi connectivity index (χ1v) is 9.11. The van der Waals surface area contributed by atoms with Crippen molar-refractivity contribution < 1.29 is 18.3 Å². The highest BCUT2D eigenvalue weighted by Gasteiger charge is 2.52. The van der Waals surface area contributed by atoms with Gasteiger partial charge in [-0.2, -0.15) is 18.3 Å². The van der Waals surface area contributed by atoms with E-state index in [1.165, 1.54) is 18.3 Å². The second-order valence-electron chi connectivity index (χ2n) is 6.97. The molecule has 5 N–H and O–H groups in total. The number of para-hydroxylation sites is 1. The molecule has 8 nitrogen and oxygen atoms in total. The summed E-state index contributed by atoms with van der Waals surface area (Å²) in [4.78, 5) is 16.5. The molecule has 3 rings (SSSR count). The summed E-state index contributed by atoms with van der Waals surface area (Å²) in [7, 11) is 0. The molecular formula is C20H20F3N7O. The number of nitrogens with two attached hydrogens (primary N) is 2. The van der Waals surface area contributed by atoms with E-state index in [-0.39, 0.29) is 23.9 Å². The van der Waals surface area contributed by atoms with Crippen molar-refractivity contribution in [3.8, 4) is 0 Å². The Labute approximate surface area is 175 Å². The van der Waals surface area contributed by atoms with Crippen LogP contribution in [0, 0.1) is 6.92 Å². The average Bonchev–Trinajstić information content (AvgIpc) is 2.71. The SMILES string of the molecule is Cc1cccc2c(C(C=NCc3cccc([C@@](C)(O)C(F)(F)F)n3)=NN)nc(N)nc12. The highest BCUT2D eigenvalue weighted by atomic mass is 19.4. The molecule has 2 aromatic heterocycles. The first-order chi connectivity index (χ1) is 14.5. The molecule has 0 bridgehead atoms. The summed E-state index contributed by atoms with van der Waals surface area (Å²) in [6, 6.07) is 9.46. The largest absolute Gasteiger partial charge is 0.422 e. The van der Waals surface area contributed by atoms with Gasteiger partial charge < -0.3 is 16.7 Å². The van der Waals surface area contributed by atoms with E-state index >= 15 is 0 Å². The van der Waals surface area contributed by atoms with Crippen LogP contribution in [-0.2, 0) is 12.1 Å². The van der Waals surface area contributed by atoms with Crippen LogP contribution in [0.5, 0.6) is 0 Å². The Balaban J connectivity index is 1.89. The summed E-state index contributed by atoms with van der Waals surface area (Å²) >= 11 is 0. The number of aromatic nitrogens is 3. The Morgan fingerprint density at radius 3 is 2.52 bits per heavy atom. The van der Waals surface area contributed by atoms with Crippen molar-refractivity contribution in [1.29, 1.82) is 0 Å². The number of alkyl halides is 3. The zero-order valence-corrected chi connectivity index (χ0v) is 16.7. The fraction of sp³-hybridized carbons (Fsp3) is 0.250. The molecule has 0 saturated heterocycles. The molecule has 0 saturated carbocycles. The van der Waals surface area contributed by atoms with Gasteiger partial charge in [0, 0.05) is 5.39 Å². The molecular weight excluding hydrogens is 411 g/mol. The van der Waals surface area contributed by atoms with E-state index in [1.807, 2.05) is 19.1 Å². The van der Waals surface area contributed by atoms with E-state index in [0.29, 0.717) is 23.5 Å². The summed E-state index contributed by atoms with van der Waals surface area (Å²) in [6.07, 6.45) is -3.53. The van der Waals surface area contributed by atoms with Crippen LogP contribution in [-0.4, -0.2) is 38.2 Å². The molecule has 3 aromatic rings. The molecule has 0 unspecified atom stereocenters. The number of aliphatic hydroxyl groups is 1. The number of fused-ring (bicyclic) bond motifs is 1. The minimum Gasteiger partial charge on any atom is -0.375 e. The third-order valence-corrected chi connectivity index (χ3v) is 4.65. The molecule has 0 aliphatic rings. The maximum Gasteiger partial charge on any atom is 0.422 e. The highest BCUT2D eigenvalue weighted by molar-refractivity contribution is 6.40. The Bertz CT molecular complexity index is 1170. The summed E-state index contributed by atoms with van der Waals surface area (Å²) in [6.45, 7) is 2.45. The van der Waals surface area contributed by atoms with Crippen LogP contribution < -0.4 is 11.6 Å². The summed E-state index contributed by atoms with van der Waals surface area (Å²) in [5.74, 6) is 5.55. The Hall–Kier alpha value is -3.60. The smallest absolute Gasteiger partial charge is 0.375 e. The van der Waals surface area contributed by atoms with Crippen molar-refractivity contribution in [1.82, 2.24) is 15.0 Å². The number of halogens is 3. The van der Waals surface area contributed by atoms with Crippen LogP contribution in [0.1, 0.15) is 29.6 Å². The molecule has 0 aliphatic carbocycles. The van der Waals surface area contributed by atoms with Crippen molar-refractivity contribution in [3.63, 3.8) is 0 Å². The number of pyridine rings is 1. The van der Waals surface area contributed by atoms with Crippen molar-refractivity contribution >= 4 is 28.8 Å². The lowest BCUT2D eigenvalue weighted by Gasteiger charge is -2.25. The minimum atomic E-state index is -4.87. The van der Waals surface area contributed by atoms with Gasteiger partial charge in [-0.15, -0.1) is 0 Å². The molecule has 11 heteroatoms. The van der Waals surface area contributed by atoms with Gasteiger partial charge in [0.15, 0.2) is 5.60 Å². The van der Waals surface area contributed by atoms with E-state index in [2.05, 4.69) is 25.0 Å². The number of anilines is 1. The van der Waals surface area contributed by atoms with Crippen molar-refractivity contribution in [2.75, 3.05) is 5.73 Å². The van der Waals surface area contributed by atoms with Gasteiger partial charge in [0.05, 0.1) is 29.7 Å². The molecule has 0 radical (unpaired) electrons. The maximum atomic E-state index is 13.1. The number of nitrogen functional groups attached to an aromatic ring is 1.